The van der Waals surface area contributed by atoms with Crippen molar-refractivity contribution >= 4 is 11.9 Å². The molecule has 2 N–H and O–H groups in total. The van der Waals surface area contributed by atoms with Crippen molar-refractivity contribution < 1.29 is 19.4 Å². The molecule has 1 aromatic heterocycles. The zero-order valence-corrected chi connectivity index (χ0v) is 9.47. The van der Waals surface area contributed by atoms with Gasteiger partial charge in [0.2, 0.25) is 5.91 Å². The van der Waals surface area contributed by atoms with Crippen LogP contribution in [0.1, 0.15) is 23.3 Å². The molecule has 0 saturated carbocycles. The van der Waals surface area contributed by atoms with Crippen LogP contribution in [0.15, 0.2) is 18.3 Å². The predicted octanol–water partition coefficient (Wildman–Crippen LogP) is 0.685. The number of aromatic nitrogens is 1. The summed E-state index contributed by atoms with van der Waals surface area (Å²) in [5.74, 6) is -0.984. The van der Waals surface area contributed by atoms with Crippen LogP contribution in [0, 0.1) is 0 Å². The van der Waals surface area contributed by atoms with Crippen LogP contribution in [-0.2, 0) is 4.79 Å². The van der Waals surface area contributed by atoms with Gasteiger partial charge in [-0.3, -0.25) is 4.79 Å². The number of nitrogens with one attached hydrogen (secondary N) is 1. The Morgan fingerprint density at radius 1 is 1.53 bits per heavy atom. The Morgan fingerprint density at radius 2 is 2.29 bits per heavy atom. The molecule has 0 radical (unpaired) electrons. The van der Waals surface area contributed by atoms with E-state index in [0.717, 1.165) is 0 Å². The molecule has 17 heavy (non-hydrogen) atoms. The molecule has 6 nitrogen and oxygen atoms in total. The Labute approximate surface area is 98.6 Å². The maximum atomic E-state index is 10.9. The number of hydrogen-bond acceptors (Lipinski definition) is 4. The molecule has 0 spiro atoms. The molecule has 1 rings (SSSR count). The fraction of sp³-hybridized carbons (Fsp3) is 0.364. The second-order valence-electron chi connectivity index (χ2n) is 3.28. The minimum atomic E-state index is -1.13. The molecule has 92 valence electrons. The number of carboxylic acids is 1. The molecule has 0 unspecified atom stereocenters. The molecule has 0 aliphatic carbocycles. The number of amides is 1. The lowest BCUT2D eigenvalue weighted by atomic mass is 10.3. The highest BCUT2D eigenvalue weighted by Crippen LogP contribution is 2.15. The third-order valence-corrected chi connectivity index (χ3v) is 2.06. The van der Waals surface area contributed by atoms with Crippen molar-refractivity contribution in [3.63, 3.8) is 0 Å². The summed E-state index contributed by atoms with van der Waals surface area (Å²) < 4.78 is 5.27. The molecule has 0 atom stereocenters. The highest BCUT2D eigenvalue weighted by Gasteiger charge is 2.11. The number of carboxylic acid groups (broad SMARTS) is 1. The van der Waals surface area contributed by atoms with Gasteiger partial charge in [-0.05, 0) is 18.6 Å². The van der Waals surface area contributed by atoms with Gasteiger partial charge < -0.3 is 15.2 Å². The highest BCUT2D eigenvalue weighted by atomic mass is 16.5. The van der Waals surface area contributed by atoms with Crippen LogP contribution in [0.5, 0.6) is 5.75 Å². The fourth-order valence-corrected chi connectivity index (χ4v) is 1.21. The van der Waals surface area contributed by atoms with Crippen LogP contribution < -0.4 is 10.1 Å². The highest BCUT2D eigenvalue weighted by molar-refractivity contribution is 5.88. The van der Waals surface area contributed by atoms with Crippen molar-refractivity contribution in [2.45, 2.75) is 12.8 Å². The van der Waals surface area contributed by atoms with E-state index >= 15 is 0 Å². The predicted molar refractivity (Wildman–Crippen MR) is 60.0 cm³/mol. The molecule has 0 fully saturated rings. The summed E-state index contributed by atoms with van der Waals surface area (Å²) >= 11 is 0. The lowest BCUT2D eigenvalue weighted by molar-refractivity contribution is -0.120. The van der Waals surface area contributed by atoms with E-state index < -0.39 is 5.97 Å². The average molecular weight is 238 g/mol. The maximum Gasteiger partial charge on any atom is 0.358 e. The van der Waals surface area contributed by atoms with Gasteiger partial charge in [-0.2, -0.15) is 0 Å². The number of pyridine rings is 1. The van der Waals surface area contributed by atoms with Crippen LogP contribution >= 0.6 is 0 Å². The number of nitrogens with zero attached hydrogens (tertiary/aromatic N) is 1. The van der Waals surface area contributed by atoms with Crippen LogP contribution in [0.3, 0.4) is 0 Å². The lowest BCUT2D eigenvalue weighted by Gasteiger charge is -2.07. The normalized spacial score (nSPS) is 9.71. The van der Waals surface area contributed by atoms with Gasteiger partial charge in [0, 0.05) is 19.7 Å². The summed E-state index contributed by atoms with van der Waals surface area (Å²) in [5, 5.41) is 11.3. The van der Waals surface area contributed by atoms with Gasteiger partial charge >= 0.3 is 5.97 Å². The van der Waals surface area contributed by atoms with E-state index in [4.69, 9.17) is 9.84 Å². The second kappa shape index (κ2) is 6.47. The third-order valence-electron chi connectivity index (χ3n) is 2.06. The van der Waals surface area contributed by atoms with E-state index in [1.807, 2.05) is 0 Å². The molecule has 1 heterocycles. The molecule has 0 aliphatic rings. The smallest absolute Gasteiger partial charge is 0.358 e. The summed E-state index contributed by atoms with van der Waals surface area (Å²) in [5.41, 5.74) is -0.118. The number of rotatable bonds is 6. The molecule has 0 aromatic carbocycles. The fourth-order valence-electron chi connectivity index (χ4n) is 1.21. The zero-order chi connectivity index (χ0) is 12.7. The Bertz CT molecular complexity index is 406. The summed E-state index contributed by atoms with van der Waals surface area (Å²) in [6.07, 6.45) is 2.26. The van der Waals surface area contributed by atoms with E-state index in [1.165, 1.54) is 12.3 Å². The van der Waals surface area contributed by atoms with Gasteiger partial charge in [0.15, 0.2) is 11.4 Å². The second-order valence-corrected chi connectivity index (χ2v) is 3.28. The first-order valence-corrected chi connectivity index (χ1v) is 5.17. The van der Waals surface area contributed by atoms with Crippen LogP contribution in [0.4, 0.5) is 0 Å². The monoisotopic (exact) mass is 238 g/mol. The molecule has 0 saturated heterocycles. The average Bonchev–Trinajstić information content (AvgIpc) is 2.34. The number of ether oxygens (including phenoxy) is 1. The van der Waals surface area contributed by atoms with Gasteiger partial charge in [-0.1, -0.05) is 0 Å². The van der Waals surface area contributed by atoms with Crippen molar-refractivity contribution in [3.05, 3.63) is 24.0 Å². The first kappa shape index (κ1) is 13.0. The van der Waals surface area contributed by atoms with Gasteiger partial charge in [-0.25, -0.2) is 9.78 Å². The molecular formula is C11H14N2O4. The SMILES string of the molecule is CNC(=O)CCCOc1cccnc1C(=O)O. The maximum absolute atomic E-state index is 10.9. The van der Waals surface area contributed by atoms with E-state index in [2.05, 4.69) is 10.3 Å². The molecule has 1 aromatic rings. The number of carbonyl (C=O) groups is 2. The first-order chi connectivity index (χ1) is 8.15. The number of aromatic carboxylic acids is 1. The Kier molecular flexibility index (Phi) is 4.93. The summed E-state index contributed by atoms with van der Waals surface area (Å²) in [6.45, 7) is 0.277. The van der Waals surface area contributed by atoms with Gasteiger partial charge in [0.25, 0.3) is 0 Å². The Balaban J connectivity index is 2.46. The Morgan fingerprint density at radius 3 is 2.94 bits per heavy atom. The minimum absolute atomic E-state index is 0.0711. The van der Waals surface area contributed by atoms with E-state index in [1.54, 1.807) is 13.1 Å². The van der Waals surface area contributed by atoms with Crippen LogP contribution in [-0.4, -0.2) is 35.6 Å². The molecule has 0 aliphatic heterocycles. The van der Waals surface area contributed by atoms with Crippen molar-refractivity contribution in [1.29, 1.82) is 0 Å². The van der Waals surface area contributed by atoms with Crippen molar-refractivity contribution in [1.82, 2.24) is 10.3 Å². The topological polar surface area (TPSA) is 88.5 Å². The standard InChI is InChI=1S/C11H14N2O4/c1-12-9(14)5-3-7-17-8-4-2-6-13-10(8)11(15)16/h2,4,6H,3,5,7H2,1H3,(H,12,14)(H,15,16). The number of carbonyl (C=O) groups excluding carboxylic acids is 1. The van der Waals surface area contributed by atoms with E-state index in [9.17, 15) is 9.59 Å². The van der Waals surface area contributed by atoms with Gasteiger partial charge in [0.05, 0.1) is 6.61 Å². The van der Waals surface area contributed by atoms with Crippen LogP contribution in [0.2, 0.25) is 0 Å². The molecule has 6 heteroatoms. The van der Waals surface area contributed by atoms with E-state index in [-0.39, 0.29) is 24.0 Å². The molecule has 1 amide bonds. The van der Waals surface area contributed by atoms with Crippen LogP contribution in [0.25, 0.3) is 0 Å². The minimum Gasteiger partial charge on any atom is -0.491 e. The number of hydrogen-bond donors (Lipinski definition) is 2. The Hall–Kier alpha value is -2.11. The molecule has 0 bridgehead atoms. The van der Waals surface area contributed by atoms with Crippen molar-refractivity contribution in [2.75, 3.05) is 13.7 Å². The van der Waals surface area contributed by atoms with Crippen molar-refractivity contribution in [3.8, 4) is 5.75 Å². The zero-order valence-electron chi connectivity index (χ0n) is 9.47. The van der Waals surface area contributed by atoms with E-state index in [0.29, 0.717) is 12.8 Å². The quantitative estimate of drug-likeness (QED) is 0.711. The molecular weight excluding hydrogens is 224 g/mol. The van der Waals surface area contributed by atoms with Gasteiger partial charge in [-0.15, -0.1) is 0 Å². The third kappa shape index (κ3) is 4.10. The van der Waals surface area contributed by atoms with Crippen molar-refractivity contribution in [2.24, 2.45) is 0 Å². The lowest BCUT2D eigenvalue weighted by Crippen LogP contribution is -2.18. The summed E-state index contributed by atoms with van der Waals surface area (Å²) in [4.78, 5) is 25.4. The summed E-state index contributed by atoms with van der Waals surface area (Å²) in [6, 6.07) is 3.14. The van der Waals surface area contributed by atoms with Gasteiger partial charge in [0.1, 0.15) is 0 Å². The largest absolute Gasteiger partial charge is 0.491 e. The summed E-state index contributed by atoms with van der Waals surface area (Å²) in [7, 11) is 1.56. The first-order valence-electron chi connectivity index (χ1n) is 5.17.